The maximum Gasteiger partial charge on any atom is 0.244 e. The molecule has 148 valence electrons. The van der Waals surface area contributed by atoms with E-state index in [2.05, 4.69) is 21.8 Å². The summed E-state index contributed by atoms with van der Waals surface area (Å²) in [5.74, 6) is 0.521. The second-order valence-electron chi connectivity index (χ2n) is 7.11. The van der Waals surface area contributed by atoms with Gasteiger partial charge in [0.15, 0.2) is 0 Å². The lowest BCUT2D eigenvalue weighted by molar-refractivity contribution is -0.118. The monoisotopic (exact) mass is 394 g/mol. The summed E-state index contributed by atoms with van der Waals surface area (Å²) in [6.07, 6.45) is 3.75. The first kappa shape index (κ1) is 19.8. The summed E-state index contributed by atoms with van der Waals surface area (Å²) in [6, 6.07) is 3.36. The largest absolute Gasteiger partial charge is 0.378 e. The quantitative estimate of drug-likeness (QED) is 0.742. The molecule has 2 saturated heterocycles. The normalized spacial score (nSPS) is 20.9. The lowest BCUT2D eigenvalue weighted by atomic mass is 9.90. The molecule has 1 aromatic rings. The number of morpholine rings is 1. The average Bonchev–Trinajstić information content (AvgIpc) is 2.69. The fourth-order valence-corrected chi connectivity index (χ4v) is 4.73. The molecule has 2 fully saturated rings. The molecule has 0 bridgehead atoms. The van der Waals surface area contributed by atoms with Gasteiger partial charge in [0.05, 0.1) is 13.2 Å². The van der Waals surface area contributed by atoms with E-state index >= 15 is 0 Å². The number of hydrogen-bond acceptors (Lipinski definition) is 6. The highest BCUT2D eigenvalue weighted by Gasteiger charge is 2.36. The predicted octanol–water partition coefficient (Wildman–Crippen LogP) is 0.764. The number of amides is 1. The summed E-state index contributed by atoms with van der Waals surface area (Å²) in [5.41, 5.74) is -0.421. The molecule has 0 atom stereocenters. The Hall–Kier alpha value is -1.97. The SMILES string of the molecule is C=CC(=O)NC1(C)CCN(S(=O)(=O)c2ccc(N3CCOCC3)nc2)CC1. The Labute approximate surface area is 160 Å². The second kappa shape index (κ2) is 7.95. The highest BCUT2D eigenvalue weighted by atomic mass is 32.2. The van der Waals surface area contributed by atoms with Gasteiger partial charge in [-0.1, -0.05) is 6.58 Å². The number of anilines is 1. The van der Waals surface area contributed by atoms with Crippen LogP contribution in [0.4, 0.5) is 5.82 Å². The van der Waals surface area contributed by atoms with Crippen LogP contribution in [0.1, 0.15) is 19.8 Å². The van der Waals surface area contributed by atoms with Crippen molar-refractivity contribution < 1.29 is 17.9 Å². The number of pyridine rings is 1. The molecule has 3 rings (SSSR count). The Morgan fingerprint density at radius 1 is 1.26 bits per heavy atom. The first-order chi connectivity index (χ1) is 12.8. The summed E-state index contributed by atoms with van der Waals surface area (Å²) in [6.45, 7) is 8.88. The van der Waals surface area contributed by atoms with Crippen molar-refractivity contribution in [3.05, 3.63) is 31.0 Å². The van der Waals surface area contributed by atoms with Crippen LogP contribution in [0.15, 0.2) is 35.9 Å². The van der Waals surface area contributed by atoms with Crippen molar-refractivity contribution >= 4 is 21.7 Å². The van der Waals surface area contributed by atoms with Gasteiger partial charge < -0.3 is 15.0 Å². The van der Waals surface area contributed by atoms with Crippen LogP contribution in [-0.4, -0.2) is 68.5 Å². The van der Waals surface area contributed by atoms with Crippen LogP contribution in [0.25, 0.3) is 0 Å². The van der Waals surface area contributed by atoms with Gasteiger partial charge in [0, 0.05) is 37.9 Å². The van der Waals surface area contributed by atoms with Gasteiger partial charge in [-0.05, 0) is 38.0 Å². The fourth-order valence-electron chi connectivity index (χ4n) is 3.35. The Morgan fingerprint density at radius 2 is 1.93 bits per heavy atom. The molecule has 2 aliphatic rings. The lowest BCUT2D eigenvalue weighted by Crippen LogP contribution is -2.53. The van der Waals surface area contributed by atoms with Crippen molar-refractivity contribution in [3.63, 3.8) is 0 Å². The molecule has 1 amide bonds. The van der Waals surface area contributed by atoms with E-state index < -0.39 is 15.6 Å². The molecule has 1 N–H and O–H groups in total. The van der Waals surface area contributed by atoms with Crippen LogP contribution in [0, 0.1) is 0 Å². The van der Waals surface area contributed by atoms with E-state index in [0.29, 0.717) is 39.1 Å². The first-order valence-corrected chi connectivity index (χ1v) is 10.5. The number of aromatic nitrogens is 1. The van der Waals surface area contributed by atoms with E-state index in [0.717, 1.165) is 18.9 Å². The standard InChI is InChI=1S/C18H26N4O4S/c1-3-17(23)20-18(2)6-8-22(9-7-18)27(24,25)15-4-5-16(19-14-15)21-10-12-26-13-11-21/h3-5,14H,1,6-13H2,2H3,(H,20,23). The zero-order chi connectivity index (χ0) is 19.5. The molecule has 0 spiro atoms. The van der Waals surface area contributed by atoms with Crippen LogP contribution in [0.3, 0.4) is 0 Å². The Balaban J connectivity index is 1.66. The third-order valence-corrected chi connectivity index (χ3v) is 7.01. The van der Waals surface area contributed by atoms with E-state index in [4.69, 9.17) is 4.74 Å². The predicted molar refractivity (Wildman–Crippen MR) is 102 cm³/mol. The summed E-state index contributed by atoms with van der Waals surface area (Å²) in [7, 11) is -3.60. The number of piperidine rings is 1. The average molecular weight is 394 g/mol. The van der Waals surface area contributed by atoms with Crippen LogP contribution in [0.5, 0.6) is 0 Å². The summed E-state index contributed by atoms with van der Waals surface area (Å²) < 4.78 is 32.6. The van der Waals surface area contributed by atoms with Crippen molar-refractivity contribution in [1.29, 1.82) is 0 Å². The van der Waals surface area contributed by atoms with Crippen molar-refractivity contribution in [1.82, 2.24) is 14.6 Å². The van der Waals surface area contributed by atoms with Gasteiger partial charge >= 0.3 is 0 Å². The summed E-state index contributed by atoms with van der Waals surface area (Å²) >= 11 is 0. The molecule has 0 aliphatic carbocycles. The summed E-state index contributed by atoms with van der Waals surface area (Å²) in [4.78, 5) is 18.2. The van der Waals surface area contributed by atoms with Crippen LogP contribution < -0.4 is 10.2 Å². The third-order valence-electron chi connectivity index (χ3n) is 5.13. The number of hydrogen-bond donors (Lipinski definition) is 1. The molecule has 0 unspecified atom stereocenters. The number of rotatable bonds is 5. The number of sulfonamides is 1. The number of nitrogens with one attached hydrogen (secondary N) is 1. The zero-order valence-corrected chi connectivity index (χ0v) is 16.4. The number of carbonyl (C=O) groups excluding carboxylic acids is 1. The van der Waals surface area contributed by atoms with E-state index in [-0.39, 0.29) is 10.8 Å². The van der Waals surface area contributed by atoms with E-state index in [1.165, 1.54) is 16.6 Å². The Morgan fingerprint density at radius 3 is 2.48 bits per heavy atom. The van der Waals surface area contributed by atoms with Gasteiger partial charge in [-0.3, -0.25) is 4.79 Å². The smallest absolute Gasteiger partial charge is 0.244 e. The van der Waals surface area contributed by atoms with E-state index in [1.54, 1.807) is 12.1 Å². The highest BCUT2D eigenvalue weighted by molar-refractivity contribution is 7.89. The molecule has 27 heavy (non-hydrogen) atoms. The van der Waals surface area contributed by atoms with E-state index in [1.807, 2.05) is 6.92 Å². The Bertz CT molecular complexity index is 780. The van der Waals surface area contributed by atoms with Gasteiger partial charge in [-0.2, -0.15) is 4.31 Å². The Kier molecular flexibility index (Phi) is 5.83. The molecule has 1 aromatic heterocycles. The second-order valence-corrected chi connectivity index (χ2v) is 9.05. The lowest BCUT2D eigenvalue weighted by Gasteiger charge is -2.39. The summed E-state index contributed by atoms with van der Waals surface area (Å²) in [5, 5.41) is 2.89. The maximum absolute atomic E-state index is 12.9. The molecule has 0 aromatic carbocycles. The third kappa shape index (κ3) is 4.48. The van der Waals surface area contributed by atoms with Crippen molar-refractivity contribution in [2.45, 2.75) is 30.2 Å². The van der Waals surface area contributed by atoms with E-state index in [9.17, 15) is 13.2 Å². The number of carbonyl (C=O) groups is 1. The molecule has 0 saturated carbocycles. The van der Waals surface area contributed by atoms with Crippen LogP contribution in [-0.2, 0) is 19.6 Å². The maximum atomic E-state index is 12.9. The van der Waals surface area contributed by atoms with Gasteiger partial charge in [-0.15, -0.1) is 0 Å². The van der Waals surface area contributed by atoms with Crippen LogP contribution >= 0.6 is 0 Å². The molecular weight excluding hydrogens is 368 g/mol. The van der Waals surface area contributed by atoms with Gasteiger partial charge in [0.1, 0.15) is 10.7 Å². The van der Waals surface area contributed by atoms with Gasteiger partial charge in [0.2, 0.25) is 15.9 Å². The highest BCUT2D eigenvalue weighted by Crippen LogP contribution is 2.27. The fraction of sp³-hybridized carbons (Fsp3) is 0.556. The molecule has 9 heteroatoms. The molecule has 8 nitrogen and oxygen atoms in total. The zero-order valence-electron chi connectivity index (χ0n) is 15.6. The van der Waals surface area contributed by atoms with Gasteiger partial charge in [-0.25, -0.2) is 13.4 Å². The minimum absolute atomic E-state index is 0.193. The minimum Gasteiger partial charge on any atom is -0.378 e. The first-order valence-electron chi connectivity index (χ1n) is 9.08. The van der Waals surface area contributed by atoms with Gasteiger partial charge in [0.25, 0.3) is 0 Å². The van der Waals surface area contributed by atoms with Crippen molar-refractivity contribution in [2.75, 3.05) is 44.3 Å². The topological polar surface area (TPSA) is 91.8 Å². The molecule has 2 aliphatic heterocycles. The molecular formula is C18H26N4O4S. The number of ether oxygens (including phenoxy) is 1. The van der Waals surface area contributed by atoms with Crippen molar-refractivity contribution in [3.8, 4) is 0 Å². The molecule has 3 heterocycles. The van der Waals surface area contributed by atoms with Crippen LogP contribution in [0.2, 0.25) is 0 Å². The minimum atomic E-state index is -3.60. The molecule has 0 radical (unpaired) electrons. The number of nitrogens with zero attached hydrogens (tertiary/aromatic N) is 3. The van der Waals surface area contributed by atoms with Crippen molar-refractivity contribution in [2.24, 2.45) is 0 Å².